The number of rotatable bonds is 4. The summed E-state index contributed by atoms with van der Waals surface area (Å²) in [6, 6.07) is 0. The predicted molar refractivity (Wildman–Crippen MR) is 51.1 cm³/mol. The van der Waals surface area contributed by atoms with E-state index < -0.39 is 12.0 Å². The van der Waals surface area contributed by atoms with Crippen LogP contribution in [0.3, 0.4) is 0 Å². The van der Waals surface area contributed by atoms with Crippen molar-refractivity contribution in [2.75, 3.05) is 0 Å². The summed E-state index contributed by atoms with van der Waals surface area (Å²) in [5, 5.41) is 6.79. The summed E-state index contributed by atoms with van der Waals surface area (Å²) in [6.45, 7) is 2.19. The average molecular weight is 238 g/mol. The van der Waals surface area contributed by atoms with Gasteiger partial charge in [0.15, 0.2) is 5.16 Å². The molecule has 1 rings (SSSR count). The lowest BCUT2D eigenvalue weighted by Gasteiger charge is -2.10. The van der Waals surface area contributed by atoms with Crippen molar-refractivity contribution in [3.05, 3.63) is 12.1 Å². The fourth-order valence-electron chi connectivity index (χ4n) is 1.12. The number of unbranched alkanes of at least 4 members (excludes halogenated alkanes) is 1. The van der Waals surface area contributed by atoms with Gasteiger partial charge in [0.25, 0.3) is 0 Å². The molecule has 1 aromatic rings. The number of hydrogen-bond acceptors (Lipinski definition) is 3. The SMILES string of the molecule is [CH2]Sc1nnc(C(F)(F)F)n1CCCC. The van der Waals surface area contributed by atoms with Gasteiger partial charge >= 0.3 is 6.18 Å². The molecule has 1 radical (unpaired) electrons. The molecule has 0 saturated heterocycles. The van der Waals surface area contributed by atoms with Crippen molar-refractivity contribution < 1.29 is 13.2 Å². The molecule has 0 bridgehead atoms. The van der Waals surface area contributed by atoms with Crippen molar-refractivity contribution in [2.45, 2.75) is 37.6 Å². The number of aromatic nitrogens is 3. The molecule has 3 nitrogen and oxygen atoms in total. The van der Waals surface area contributed by atoms with Gasteiger partial charge in [0.1, 0.15) is 0 Å². The minimum Gasteiger partial charge on any atom is -0.298 e. The predicted octanol–water partition coefficient (Wildman–Crippen LogP) is 2.98. The minimum atomic E-state index is -4.45. The molecule has 0 aromatic carbocycles. The van der Waals surface area contributed by atoms with E-state index in [9.17, 15) is 13.2 Å². The van der Waals surface area contributed by atoms with Crippen LogP contribution in [0.5, 0.6) is 0 Å². The van der Waals surface area contributed by atoms with Crippen LogP contribution in [0.1, 0.15) is 25.6 Å². The van der Waals surface area contributed by atoms with Crippen molar-refractivity contribution in [1.29, 1.82) is 0 Å². The van der Waals surface area contributed by atoms with E-state index in [1.807, 2.05) is 6.92 Å². The van der Waals surface area contributed by atoms with Gasteiger partial charge in [-0.3, -0.25) is 4.57 Å². The lowest BCUT2D eigenvalue weighted by atomic mass is 10.3. The van der Waals surface area contributed by atoms with E-state index in [4.69, 9.17) is 0 Å². The third-order valence-corrected chi connectivity index (χ3v) is 2.39. The topological polar surface area (TPSA) is 30.7 Å². The maximum atomic E-state index is 12.5. The van der Waals surface area contributed by atoms with Crippen LogP contribution in [-0.2, 0) is 12.7 Å². The normalized spacial score (nSPS) is 12.1. The highest BCUT2D eigenvalue weighted by Gasteiger charge is 2.38. The molecule has 0 spiro atoms. The van der Waals surface area contributed by atoms with Crippen LogP contribution in [0.15, 0.2) is 5.16 Å². The van der Waals surface area contributed by atoms with E-state index in [1.165, 1.54) is 0 Å². The molecule has 0 atom stereocenters. The van der Waals surface area contributed by atoms with Gasteiger partial charge in [-0.2, -0.15) is 13.2 Å². The first-order valence-electron chi connectivity index (χ1n) is 4.43. The zero-order valence-corrected chi connectivity index (χ0v) is 9.03. The molecule has 1 aromatic heterocycles. The fourth-order valence-corrected chi connectivity index (χ4v) is 1.56. The Balaban J connectivity index is 3.00. The molecule has 0 unspecified atom stereocenters. The van der Waals surface area contributed by atoms with E-state index >= 15 is 0 Å². The highest BCUT2D eigenvalue weighted by Crippen LogP contribution is 2.30. The second kappa shape index (κ2) is 4.87. The molecule has 0 aliphatic rings. The number of thioether (sulfide) groups is 1. The maximum Gasteiger partial charge on any atom is 0.451 e. The van der Waals surface area contributed by atoms with Gasteiger partial charge in [-0.15, -0.1) is 10.2 Å². The van der Waals surface area contributed by atoms with E-state index in [0.29, 0.717) is 6.42 Å². The standard InChI is InChI=1S/C8H11F3N3S/c1-3-4-5-14-6(8(9,10)11)12-13-7(14)15-2/h2-5H2,1H3. The Morgan fingerprint density at radius 3 is 2.53 bits per heavy atom. The summed E-state index contributed by atoms with van der Waals surface area (Å²) >= 11 is 0.922. The van der Waals surface area contributed by atoms with Gasteiger partial charge in [-0.1, -0.05) is 25.1 Å². The number of halogens is 3. The van der Waals surface area contributed by atoms with Crippen LogP contribution >= 0.6 is 11.8 Å². The fraction of sp³-hybridized carbons (Fsp3) is 0.625. The molecular weight excluding hydrogens is 227 g/mol. The van der Waals surface area contributed by atoms with Crippen LogP contribution in [0.25, 0.3) is 0 Å². The van der Waals surface area contributed by atoms with Crippen molar-refractivity contribution in [3.8, 4) is 0 Å². The van der Waals surface area contributed by atoms with Gasteiger partial charge < -0.3 is 0 Å². The molecule has 0 fully saturated rings. The van der Waals surface area contributed by atoms with E-state index in [0.717, 1.165) is 22.7 Å². The van der Waals surface area contributed by atoms with Gasteiger partial charge in [-0.25, -0.2) is 0 Å². The van der Waals surface area contributed by atoms with Crippen molar-refractivity contribution in [3.63, 3.8) is 0 Å². The number of hydrogen-bond donors (Lipinski definition) is 0. The lowest BCUT2D eigenvalue weighted by molar-refractivity contribution is -0.147. The Bertz CT molecular complexity index is 321. The summed E-state index contributed by atoms with van der Waals surface area (Å²) in [5.41, 5.74) is 0. The van der Waals surface area contributed by atoms with Gasteiger partial charge in [0.2, 0.25) is 5.82 Å². The van der Waals surface area contributed by atoms with E-state index in [1.54, 1.807) is 0 Å². The van der Waals surface area contributed by atoms with Gasteiger partial charge in [0.05, 0.1) is 0 Å². The third kappa shape index (κ3) is 2.87. The van der Waals surface area contributed by atoms with Crippen molar-refractivity contribution in [1.82, 2.24) is 14.8 Å². The zero-order valence-electron chi connectivity index (χ0n) is 8.21. The molecule has 0 aliphatic carbocycles. The minimum absolute atomic E-state index is 0.204. The molecular formula is C8H11F3N3S. The van der Waals surface area contributed by atoms with Crippen LogP contribution in [-0.4, -0.2) is 14.8 Å². The second-order valence-electron chi connectivity index (χ2n) is 2.95. The van der Waals surface area contributed by atoms with Crippen LogP contribution in [0, 0.1) is 6.26 Å². The third-order valence-electron chi connectivity index (χ3n) is 1.83. The van der Waals surface area contributed by atoms with E-state index in [2.05, 4.69) is 16.5 Å². The van der Waals surface area contributed by atoms with Gasteiger partial charge in [-0.05, 0) is 6.42 Å². The molecule has 0 amide bonds. The summed E-state index contributed by atoms with van der Waals surface area (Å²) in [5.74, 6) is -0.942. The summed E-state index contributed by atoms with van der Waals surface area (Å²) in [4.78, 5) is 0. The molecule has 0 saturated carbocycles. The Kier molecular flexibility index (Phi) is 4.01. The quantitative estimate of drug-likeness (QED) is 0.755. The van der Waals surface area contributed by atoms with Crippen LogP contribution in [0.4, 0.5) is 13.2 Å². The first-order chi connectivity index (χ1) is 7.00. The zero-order chi connectivity index (χ0) is 11.5. The first-order valence-corrected chi connectivity index (χ1v) is 5.41. The molecule has 15 heavy (non-hydrogen) atoms. The highest BCUT2D eigenvalue weighted by molar-refractivity contribution is 8.00. The smallest absolute Gasteiger partial charge is 0.298 e. The van der Waals surface area contributed by atoms with Crippen LogP contribution in [0.2, 0.25) is 0 Å². The molecule has 1 heterocycles. The number of nitrogens with zero attached hydrogens (tertiary/aromatic N) is 3. The van der Waals surface area contributed by atoms with Crippen LogP contribution < -0.4 is 0 Å². The lowest BCUT2D eigenvalue weighted by Crippen LogP contribution is -2.15. The Hall–Kier alpha value is -0.720. The molecule has 85 valence electrons. The average Bonchev–Trinajstić information content (AvgIpc) is 2.56. The Labute approximate surface area is 90.1 Å². The Morgan fingerprint density at radius 2 is 2.07 bits per heavy atom. The summed E-state index contributed by atoms with van der Waals surface area (Å²) in [7, 11) is 0. The molecule has 0 N–H and O–H groups in total. The van der Waals surface area contributed by atoms with Crippen molar-refractivity contribution >= 4 is 11.8 Å². The van der Waals surface area contributed by atoms with Gasteiger partial charge in [0, 0.05) is 12.8 Å². The number of alkyl halides is 3. The summed E-state index contributed by atoms with van der Waals surface area (Å²) < 4.78 is 38.5. The Morgan fingerprint density at radius 1 is 1.40 bits per heavy atom. The maximum absolute atomic E-state index is 12.5. The van der Waals surface area contributed by atoms with Crippen molar-refractivity contribution in [2.24, 2.45) is 0 Å². The highest BCUT2D eigenvalue weighted by atomic mass is 32.2. The van der Waals surface area contributed by atoms with E-state index in [-0.39, 0.29) is 11.7 Å². The molecule has 0 aliphatic heterocycles. The largest absolute Gasteiger partial charge is 0.451 e. The summed E-state index contributed by atoms with van der Waals surface area (Å²) in [6.07, 6.45) is 0.474. The first kappa shape index (κ1) is 12.4. The second-order valence-corrected chi connectivity index (χ2v) is 3.61. The molecule has 7 heteroatoms. The monoisotopic (exact) mass is 238 g/mol.